The average molecular weight is 1510 g/mol. The Hall–Kier alpha value is -12.1. The molecule has 39 radical (unpaired) electrons. The molecule has 0 unspecified atom stereocenters. The van der Waals surface area contributed by atoms with Crippen molar-refractivity contribution in [2.45, 2.75) is 90.0 Å². The van der Waals surface area contributed by atoms with Crippen molar-refractivity contribution in [3.05, 3.63) is 94.6 Å². The van der Waals surface area contributed by atoms with Crippen molar-refractivity contribution in [1.82, 2.24) is 0 Å². The van der Waals surface area contributed by atoms with Gasteiger partial charge in [-0.1, -0.05) is 87.0 Å². The number of hydrogen-bond donors (Lipinski definition) is 0. The zero-order chi connectivity index (χ0) is 92.3. The molecule has 0 aliphatic carbocycles. The van der Waals surface area contributed by atoms with Crippen molar-refractivity contribution in [1.29, 1.82) is 0 Å². The molecule has 0 heterocycles. The van der Waals surface area contributed by atoms with Gasteiger partial charge in [-0.2, -0.15) is 0 Å². The number of fused-ring (bicyclic) bond motifs is 6. The summed E-state index contributed by atoms with van der Waals surface area (Å²) >= 11 is 0. The van der Waals surface area contributed by atoms with Gasteiger partial charge in [0.1, 0.15) is 7.85 Å². The Kier molecular flexibility index (Phi) is 35.0. The van der Waals surface area contributed by atoms with Crippen LogP contribution in [0, 0.1) is 313 Å². The van der Waals surface area contributed by atoms with Gasteiger partial charge in [-0.15, -0.1) is 48.0 Å². The van der Waals surface area contributed by atoms with E-state index in [2.05, 4.69) is 225 Å². The minimum atomic E-state index is -1.54. The Balaban J connectivity index is 2.19. The third kappa shape index (κ3) is 19.4. The minimum Gasteiger partial charge on any atom is -0.115 e. The van der Waals surface area contributed by atoms with Crippen LogP contribution < -0.4 is 38.2 Å². The van der Waals surface area contributed by atoms with Gasteiger partial charge >= 0.3 is 0 Å². The predicted molar refractivity (Wildman–Crippen MR) is 572 cm³/mol. The van der Waals surface area contributed by atoms with Gasteiger partial charge in [0.2, 0.25) is 0 Å². The number of benzene rings is 8. The lowest BCUT2D eigenvalue weighted by atomic mass is 8.66. The lowest BCUT2D eigenvalue weighted by molar-refractivity contribution is 1.24. The minimum absolute atomic E-state index is 0.0796. The maximum atomic E-state index is 7.98. The monoisotopic (exact) mass is 1510 g/mol. The van der Waals surface area contributed by atoms with Crippen LogP contribution in [-0.4, -0.2) is 231 Å². The molecule has 0 bridgehead atoms. The first-order valence-corrected chi connectivity index (χ1v) is 38.8. The van der Waals surface area contributed by atoms with E-state index in [1.807, 2.05) is 62.3 Å². The largest absolute Gasteiger partial charge is 0.115 e. The molecule has 0 atom stereocenters. The van der Waals surface area contributed by atoms with Gasteiger partial charge in [-0.3, -0.25) is 0 Å². The summed E-state index contributed by atoms with van der Waals surface area (Å²) in [6, 6.07) is 0. The molecule has 8 aromatic carbocycles. The molecule has 8 aromatic rings. The smallest absolute Gasteiger partial charge is 0.113 e. The van der Waals surface area contributed by atoms with Crippen LogP contribution in [0.2, 0.25) is 0 Å². The summed E-state index contributed by atoms with van der Waals surface area (Å²) in [4.78, 5) is 0. The molecular weight excluding hydrogens is 1460 g/mol. The highest BCUT2D eigenvalue weighted by molar-refractivity contribution is 7.89. The highest BCUT2D eigenvalue weighted by atomic mass is 14.4. The second-order valence-corrected chi connectivity index (χ2v) is 28.7. The van der Waals surface area contributed by atoms with Crippen LogP contribution in [0.4, 0.5) is 0 Å². The fraction of sp³-hybridized carbons (Fsp3) is 0.140. The molecule has 511 valence electrons. The van der Waals surface area contributed by atoms with Gasteiger partial charge in [0.15, 0.2) is 0 Å². The van der Waals surface area contributed by atoms with Crippen molar-refractivity contribution in [3.8, 4) is 273 Å². The second-order valence-electron chi connectivity index (χ2n) is 28.7. The molecule has 32 heteroatoms. The Morgan fingerprint density at radius 2 is 0.632 bits per heavy atom. The van der Waals surface area contributed by atoms with E-state index in [0.717, 1.165) is 22.3 Å². The third-order valence-electron chi connectivity index (χ3n) is 22.1. The van der Waals surface area contributed by atoms with E-state index < -0.39 is 70.8 Å². The van der Waals surface area contributed by atoms with Gasteiger partial charge in [0.25, 0.3) is 0 Å². The van der Waals surface area contributed by atoms with E-state index in [1.165, 1.54) is 21.3 Å². The van der Waals surface area contributed by atoms with Crippen LogP contribution in [0.1, 0.15) is 122 Å². The molecule has 125 heavy (non-hydrogen) atoms. The number of hydrogen-bond acceptors (Lipinski definition) is 0. The molecule has 0 aliphatic heterocycles. The fourth-order valence-corrected chi connectivity index (χ4v) is 16.3. The van der Waals surface area contributed by atoms with E-state index in [4.69, 9.17) is 165 Å². The van der Waals surface area contributed by atoms with Crippen molar-refractivity contribution in [3.63, 3.8) is 0 Å². The van der Waals surface area contributed by atoms with Crippen LogP contribution in [-0.2, 0) is 0 Å². The molecular formula is C93H43B32. The fourth-order valence-electron chi connectivity index (χ4n) is 16.3. The van der Waals surface area contributed by atoms with Crippen LogP contribution in [0.25, 0.3) is 76.1 Å². The number of rotatable bonds is 16. The van der Waals surface area contributed by atoms with Crippen molar-refractivity contribution in [2.24, 2.45) is 0 Å². The number of aryl methyl sites for hydroxylation is 5. The summed E-state index contributed by atoms with van der Waals surface area (Å²) in [6.45, 7) is 17.5. The quantitative estimate of drug-likeness (QED) is 0.0422. The van der Waals surface area contributed by atoms with E-state index in [9.17, 15) is 0 Å². The molecule has 0 aliphatic rings. The van der Waals surface area contributed by atoms with Gasteiger partial charge in [0.05, 0.1) is 78.6 Å². The Labute approximate surface area is 774 Å². The van der Waals surface area contributed by atoms with Crippen LogP contribution in [0.15, 0.2) is 0 Å². The summed E-state index contributed by atoms with van der Waals surface area (Å²) in [6.07, 6.45) is 15.8. The lowest BCUT2D eigenvalue weighted by Gasteiger charge is -2.42. The Bertz CT molecular complexity index is 7340. The third-order valence-corrected chi connectivity index (χ3v) is 22.1. The van der Waals surface area contributed by atoms with Crippen LogP contribution in [0.5, 0.6) is 0 Å². The molecule has 0 N–H and O–H groups in total. The van der Waals surface area contributed by atoms with Crippen molar-refractivity contribution < 1.29 is 0 Å². The molecule has 0 amide bonds. The molecule has 8 rings (SSSR count). The second kappa shape index (κ2) is 44.5. The van der Waals surface area contributed by atoms with E-state index in [-0.39, 0.29) is 88.0 Å². The van der Waals surface area contributed by atoms with E-state index >= 15 is 0 Å². The van der Waals surface area contributed by atoms with Gasteiger partial charge in [-0.25, -0.2) is 0 Å². The summed E-state index contributed by atoms with van der Waals surface area (Å²) < 4.78 is 0. The Morgan fingerprint density at radius 3 is 1.02 bits per heavy atom. The van der Waals surface area contributed by atoms with Gasteiger partial charge < -0.3 is 0 Å². The standard InChI is InChI=1S/C93H43B32/c1-18-26-32-36-38-40-43-47-54-71-72(55-48-42-39-37-33-27-19-2)80-79(78-68(50-31-23-6)66(49-24-7)65(25-8)64(17)73(71)78)69(52-44-30-22-5)67(51-45-35-29-21-4)70(53-46-41-34-28-20-3)81(80)82-74-60(13)56(9)58(11)62(15)76(74)83(77-63(16)59(12)57(10)61(14)75(77)82)84-85-86(87(94)88(112-95)89(84)115(98)99)91(119(124(109)110)125(111)114-97)93(118(122(105)106)123(107)108)92(117(113-96)121(103)104)90(85)116(100)120(101)102/h1,4,6,8H,2-3,5,7,9-17H3. The lowest BCUT2D eigenvalue weighted by Crippen LogP contribution is -2.80. The first-order valence-electron chi connectivity index (χ1n) is 38.8. The highest BCUT2D eigenvalue weighted by Crippen LogP contribution is 2.55. The van der Waals surface area contributed by atoms with Gasteiger partial charge in [0, 0.05) is 217 Å². The summed E-state index contributed by atoms with van der Waals surface area (Å²) in [7, 11) is 133. The first kappa shape index (κ1) is 98.3. The van der Waals surface area contributed by atoms with Crippen LogP contribution >= 0.6 is 0 Å². The van der Waals surface area contributed by atoms with Crippen LogP contribution in [0.3, 0.4) is 0 Å². The summed E-state index contributed by atoms with van der Waals surface area (Å²) in [5.74, 6) is 112. The molecule has 0 saturated heterocycles. The molecule has 0 saturated carbocycles. The SMILES string of the molecule is [B][B]B([B])B(B([B])[B])c1c(B(B([B])[B])B([B])[B])c(B([B][B])B([B])[B])c(B([B])B([B])[B])c2c(-c3c4c(C)c(C)c(C)c(C)c4c(-c4c(C#CC#CC#CC)c(C#CC#CC#C)c(C#CC#CC)c5c4c(C#CC#CC#CC#CC)c(C#CC#CC#CC#CC#C)c4c(C)c(C#C)c(C#CC)c(C#CC#C)c45)c4c(C)c(C)c(C)c(C)c34)c(B([B])[B])c([B][B])c([B])c12. The zero-order valence-electron chi connectivity index (χ0n) is 71.8. The molecule has 0 nitrogen and oxygen atoms in total. The number of terminal acetylenes is 4. The summed E-state index contributed by atoms with van der Waals surface area (Å²) in [5.41, 5.74) is 10.5. The molecule has 0 spiro atoms. The maximum absolute atomic E-state index is 7.98. The van der Waals surface area contributed by atoms with E-state index in [0.29, 0.717) is 98.7 Å². The predicted octanol–water partition coefficient (Wildman–Crippen LogP) is -2.95. The summed E-state index contributed by atoms with van der Waals surface area (Å²) in [5, 5.41) is 3.80. The topological polar surface area (TPSA) is 0 Å². The first-order chi connectivity index (χ1) is 59.8. The molecule has 0 fully saturated rings. The Morgan fingerprint density at radius 1 is 0.264 bits per heavy atom. The zero-order valence-corrected chi connectivity index (χ0v) is 71.8. The van der Waals surface area contributed by atoms with Crippen molar-refractivity contribution in [2.75, 3.05) is 0 Å². The van der Waals surface area contributed by atoms with Crippen molar-refractivity contribution >= 4 is 324 Å². The maximum Gasteiger partial charge on any atom is 0.113 e. The van der Waals surface area contributed by atoms with Gasteiger partial charge in [-0.05, 0) is 343 Å². The normalized spacial score (nSPS) is 9.10. The average Bonchev–Trinajstić information content (AvgIpc) is 0.672. The highest BCUT2D eigenvalue weighted by Gasteiger charge is 2.43. The molecule has 0 aromatic heterocycles. The van der Waals surface area contributed by atoms with E-state index in [1.54, 1.807) is 27.7 Å².